The van der Waals surface area contributed by atoms with Gasteiger partial charge in [0.25, 0.3) is 5.91 Å². The van der Waals surface area contributed by atoms with Crippen LogP contribution in [0, 0.1) is 6.92 Å². The predicted molar refractivity (Wildman–Crippen MR) is 103 cm³/mol. The number of carbonyl (C=O) groups is 1. The average molecular weight is 346 g/mol. The Morgan fingerprint density at radius 1 is 1.04 bits per heavy atom. The number of hydrogen-bond donors (Lipinski definition) is 1. The molecule has 3 aromatic rings. The number of aromatic nitrogens is 2. The first-order chi connectivity index (χ1) is 12.7. The minimum absolute atomic E-state index is 0.0709. The van der Waals surface area contributed by atoms with Crippen LogP contribution in [0.5, 0.6) is 0 Å². The number of hydrogen-bond acceptors (Lipinski definition) is 4. The molecule has 1 aromatic heterocycles. The molecule has 5 heteroatoms. The SMILES string of the molecule is CCN(Cc1ccccc1)C(=O)c1cnc(Nc2cccc(C)c2)nc1. The highest BCUT2D eigenvalue weighted by atomic mass is 16.2. The van der Waals surface area contributed by atoms with Gasteiger partial charge in [-0.05, 0) is 37.1 Å². The van der Waals surface area contributed by atoms with Gasteiger partial charge in [0.15, 0.2) is 0 Å². The lowest BCUT2D eigenvalue weighted by molar-refractivity contribution is 0.0752. The number of rotatable bonds is 6. The molecule has 1 N–H and O–H groups in total. The second kappa shape index (κ2) is 8.25. The van der Waals surface area contributed by atoms with Gasteiger partial charge in [0.05, 0.1) is 5.56 Å². The lowest BCUT2D eigenvalue weighted by Gasteiger charge is -2.20. The van der Waals surface area contributed by atoms with Crippen LogP contribution in [0.1, 0.15) is 28.4 Å². The quantitative estimate of drug-likeness (QED) is 0.727. The zero-order chi connectivity index (χ0) is 18.4. The predicted octanol–water partition coefficient (Wildman–Crippen LogP) is 4.19. The molecule has 0 unspecified atom stereocenters. The van der Waals surface area contributed by atoms with Gasteiger partial charge in [-0.1, -0.05) is 42.5 Å². The summed E-state index contributed by atoms with van der Waals surface area (Å²) in [6, 6.07) is 17.9. The van der Waals surface area contributed by atoms with Crippen molar-refractivity contribution in [3.63, 3.8) is 0 Å². The van der Waals surface area contributed by atoms with E-state index in [1.54, 1.807) is 17.3 Å². The molecule has 0 aliphatic heterocycles. The number of nitrogens with one attached hydrogen (secondary N) is 1. The molecule has 0 spiro atoms. The van der Waals surface area contributed by atoms with Crippen LogP contribution >= 0.6 is 0 Å². The summed E-state index contributed by atoms with van der Waals surface area (Å²) in [5.41, 5.74) is 3.66. The zero-order valence-corrected chi connectivity index (χ0v) is 15.0. The lowest BCUT2D eigenvalue weighted by Crippen LogP contribution is -2.30. The number of nitrogens with zero attached hydrogens (tertiary/aromatic N) is 3. The number of anilines is 2. The van der Waals surface area contributed by atoms with Crippen LogP contribution < -0.4 is 5.32 Å². The summed E-state index contributed by atoms with van der Waals surface area (Å²) in [7, 11) is 0. The second-order valence-electron chi connectivity index (χ2n) is 6.09. The molecule has 26 heavy (non-hydrogen) atoms. The van der Waals surface area contributed by atoms with Gasteiger partial charge in [-0.25, -0.2) is 9.97 Å². The third-order valence-electron chi connectivity index (χ3n) is 4.06. The Morgan fingerprint density at radius 2 is 1.77 bits per heavy atom. The van der Waals surface area contributed by atoms with E-state index < -0.39 is 0 Å². The summed E-state index contributed by atoms with van der Waals surface area (Å²) in [6.45, 7) is 5.19. The summed E-state index contributed by atoms with van der Waals surface area (Å²) < 4.78 is 0. The fraction of sp³-hybridized carbons (Fsp3) is 0.190. The molecule has 0 aliphatic carbocycles. The van der Waals surface area contributed by atoms with Crippen molar-refractivity contribution >= 4 is 17.5 Å². The standard InChI is InChI=1S/C21H22N4O/c1-3-25(15-17-9-5-4-6-10-17)20(26)18-13-22-21(23-14-18)24-19-11-7-8-16(2)12-19/h4-14H,3,15H2,1-2H3,(H,22,23,24). The first-order valence-electron chi connectivity index (χ1n) is 8.64. The summed E-state index contributed by atoms with van der Waals surface area (Å²) in [6.07, 6.45) is 3.14. The van der Waals surface area contributed by atoms with Crippen LogP contribution in [0.3, 0.4) is 0 Å². The average Bonchev–Trinajstić information content (AvgIpc) is 2.67. The third-order valence-corrected chi connectivity index (χ3v) is 4.06. The highest BCUT2D eigenvalue weighted by Gasteiger charge is 2.15. The Bertz CT molecular complexity index is 863. The molecule has 1 amide bonds. The maximum Gasteiger partial charge on any atom is 0.257 e. The van der Waals surface area contributed by atoms with Crippen molar-refractivity contribution in [3.05, 3.63) is 83.7 Å². The molecule has 5 nitrogen and oxygen atoms in total. The van der Waals surface area contributed by atoms with Crippen molar-refractivity contribution in [2.24, 2.45) is 0 Å². The lowest BCUT2D eigenvalue weighted by atomic mass is 10.2. The van der Waals surface area contributed by atoms with E-state index in [0.29, 0.717) is 24.6 Å². The van der Waals surface area contributed by atoms with Crippen LogP contribution in [-0.2, 0) is 6.54 Å². The fourth-order valence-electron chi connectivity index (χ4n) is 2.67. The number of benzene rings is 2. The Labute approximate surface area is 153 Å². The Kier molecular flexibility index (Phi) is 5.59. The van der Waals surface area contributed by atoms with E-state index in [9.17, 15) is 4.79 Å². The Hall–Kier alpha value is -3.21. The van der Waals surface area contributed by atoms with Gasteiger partial charge >= 0.3 is 0 Å². The minimum atomic E-state index is -0.0709. The van der Waals surface area contributed by atoms with E-state index in [2.05, 4.69) is 15.3 Å². The monoisotopic (exact) mass is 346 g/mol. The molecule has 0 bridgehead atoms. The zero-order valence-electron chi connectivity index (χ0n) is 15.0. The summed E-state index contributed by atoms with van der Waals surface area (Å²) >= 11 is 0. The topological polar surface area (TPSA) is 58.1 Å². The molecule has 0 atom stereocenters. The number of carbonyl (C=O) groups excluding carboxylic acids is 1. The van der Waals surface area contributed by atoms with Crippen molar-refractivity contribution in [3.8, 4) is 0 Å². The van der Waals surface area contributed by atoms with Crippen molar-refractivity contribution < 1.29 is 4.79 Å². The molecule has 0 radical (unpaired) electrons. The van der Waals surface area contributed by atoms with E-state index in [-0.39, 0.29) is 5.91 Å². The van der Waals surface area contributed by atoms with Crippen LogP contribution in [-0.4, -0.2) is 27.3 Å². The molecule has 132 valence electrons. The van der Waals surface area contributed by atoms with Gasteiger partial charge in [0.2, 0.25) is 5.95 Å². The smallest absolute Gasteiger partial charge is 0.257 e. The molecule has 0 aliphatic rings. The summed E-state index contributed by atoms with van der Waals surface area (Å²) in [5, 5.41) is 3.15. The van der Waals surface area contributed by atoms with Gasteiger partial charge < -0.3 is 10.2 Å². The van der Waals surface area contributed by atoms with Gasteiger partial charge in [-0.2, -0.15) is 0 Å². The van der Waals surface area contributed by atoms with Crippen molar-refractivity contribution in [1.29, 1.82) is 0 Å². The highest BCUT2D eigenvalue weighted by molar-refractivity contribution is 5.93. The Morgan fingerprint density at radius 3 is 2.42 bits per heavy atom. The molecular weight excluding hydrogens is 324 g/mol. The third kappa shape index (κ3) is 4.45. The summed E-state index contributed by atoms with van der Waals surface area (Å²) in [5.74, 6) is 0.400. The van der Waals surface area contributed by atoms with Crippen molar-refractivity contribution in [2.45, 2.75) is 20.4 Å². The van der Waals surface area contributed by atoms with E-state index in [4.69, 9.17) is 0 Å². The maximum absolute atomic E-state index is 12.7. The van der Waals surface area contributed by atoms with Gasteiger partial charge in [-0.15, -0.1) is 0 Å². The van der Waals surface area contributed by atoms with Gasteiger partial charge in [0, 0.05) is 31.2 Å². The van der Waals surface area contributed by atoms with Crippen molar-refractivity contribution in [1.82, 2.24) is 14.9 Å². The highest BCUT2D eigenvalue weighted by Crippen LogP contribution is 2.15. The van der Waals surface area contributed by atoms with Crippen molar-refractivity contribution in [2.75, 3.05) is 11.9 Å². The van der Waals surface area contributed by atoms with E-state index in [1.807, 2.05) is 68.4 Å². The molecule has 0 saturated heterocycles. The first-order valence-corrected chi connectivity index (χ1v) is 8.64. The summed E-state index contributed by atoms with van der Waals surface area (Å²) in [4.78, 5) is 23.1. The molecule has 3 rings (SSSR count). The van der Waals surface area contributed by atoms with E-state index >= 15 is 0 Å². The number of amides is 1. The van der Waals surface area contributed by atoms with Crippen LogP contribution in [0.4, 0.5) is 11.6 Å². The second-order valence-corrected chi connectivity index (χ2v) is 6.09. The largest absolute Gasteiger partial charge is 0.335 e. The molecule has 0 saturated carbocycles. The Balaban J connectivity index is 1.69. The fourth-order valence-corrected chi connectivity index (χ4v) is 2.67. The van der Waals surface area contributed by atoms with E-state index in [1.165, 1.54) is 0 Å². The molecule has 0 fully saturated rings. The normalized spacial score (nSPS) is 10.4. The van der Waals surface area contributed by atoms with E-state index in [0.717, 1.165) is 16.8 Å². The maximum atomic E-state index is 12.7. The van der Waals surface area contributed by atoms with Gasteiger partial charge in [0.1, 0.15) is 0 Å². The molecule has 2 aromatic carbocycles. The van der Waals surface area contributed by atoms with Crippen LogP contribution in [0.15, 0.2) is 67.0 Å². The minimum Gasteiger partial charge on any atom is -0.335 e. The van der Waals surface area contributed by atoms with Gasteiger partial charge in [-0.3, -0.25) is 4.79 Å². The first kappa shape index (κ1) is 17.6. The number of aryl methyl sites for hydroxylation is 1. The molecule has 1 heterocycles. The molecular formula is C21H22N4O. The van der Waals surface area contributed by atoms with Crippen LogP contribution in [0.2, 0.25) is 0 Å². The van der Waals surface area contributed by atoms with Crippen LogP contribution in [0.25, 0.3) is 0 Å².